The second-order valence-electron chi connectivity index (χ2n) is 10.0. The molecule has 1 heteroatoms. The molecular formula is C32H60O. The first-order valence-electron chi connectivity index (χ1n) is 14.9. The zero-order valence-corrected chi connectivity index (χ0v) is 22.9. The van der Waals surface area contributed by atoms with Crippen molar-refractivity contribution < 1.29 is 5.11 Å². The highest BCUT2D eigenvalue weighted by Gasteiger charge is 2.17. The highest BCUT2D eigenvalue weighted by molar-refractivity contribution is 4.85. The monoisotopic (exact) mass is 460 g/mol. The first kappa shape index (κ1) is 32.2. The minimum absolute atomic E-state index is 0.124. The number of aliphatic hydroxyl groups is 1. The van der Waals surface area contributed by atoms with E-state index in [4.69, 9.17) is 0 Å². The minimum Gasteiger partial charge on any atom is -0.393 e. The highest BCUT2D eigenvalue weighted by atomic mass is 16.3. The van der Waals surface area contributed by atoms with Gasteiger partial charge in [-0.15, -0.1) is 0 Å². The van der Waals surface area contributed by atoms with E-state index in [0.29, 0.717) is 5.92 Å². The lowest BCUT2D eigenvalue weighted by Gasteiger charge is -2.22. The molecule has 2 atom stereocenters. The van der Waals surface area contributed by atoms with Crippen LogP contribution in [-0.4, -0.2) is 11.2 Å². The van der Waals surface area contributed by atoms with Crippen LogP contribution in [0.25, 0.3) is 0 Å². The summed E-state index contributed by atoms with van der Waals surface area (Å²) in [5.74, 6) is 0.473. The quantitative estimate of drug-likeness (QED) is 0.106. The molecule has 1 N–H and O–H groups in total. The van der Waals surface area contributed by atoms with E-state index in [1.54, 1.807) is 0 Å². The molecule has 0 aliphatic rings. The van der Waals surface area contributed by atoms with Gasteiger partial charge >= 0.3 is 0 Å². The summed E-state index contributed by atoms with van der Waals surface area (Å²) in [6, 6.07) is 0. The smallest absolute Gasteiger partial charge is 0.0568 e. The first-order valence-corrected chi connectivity index (χ1v) is 14.9. The fourth-order valence-corrected chi connectivity index (χ4v) is 4.45. The van der Waals surface area contributed by atoms with E-state index in [2.05, 4.69) is 57.2 Å². The Kier molecular flexibility index (Phi) is 26.7. The van der Waals surface area contributed by atoms with Crippen molar-refractivity contribution in [3.05, 3.63) is 36.5 Å². The summed E-state index contributed by atoms with van der Waals surface area (Å²) in [5.41, 5.74) is 0. The molecule has 0 bridgehead atoms. The maximum Gasteiger partial charge on any atom is 0.0568 e. The largest absolute Gasteiger partial charge is 0.393 e. The van der Waals surface area contributed by atoms with E-state index in [-0.39, 0.29) is 6.10 Å². The second kappa shape index (κ2) is 27.4. The molecule has 0 aromatic rings. The number of rotatable bonds is 25. The number of unbranched alkanes of at least 4 members (excludes halogenated alkanes) is 12. The van der Waals surface area contributed by atoms with Gasteiger partial charge in [0.05, 0.1) is 6.10 Å². The van der Waals surface area contributed by atoms with Gasteiger partial charge in [0.25, 0.3) is 0 Å². The Labute approximate surface area is 209 Å². The highest BCUT2D eigenvalue weighted by Crippen LogP contribution is 2.24. The van der Waals surface area contributed by atoms with Gasteiger partial charge < -0.3 is 5.11 Å². The van der Waals surface area contributed by atoms with E-state index in [1.165, 1.54) is 116 Å². The number of aliphatic hydroxyl groups excluding tert-OH is 1. The lowest BCUT2D eigenvalue weighted by atomic mass is 9.88. The van der Waals surface area contributed by atoms with Crippen LogP contribution in [0.2, 0.25) is 0 Å². The van der Waals surface area contributed by atoms with Crippen molar-refractivity contribution in [2.24, 2.45) is 5.92 Å². The molecule has 0 heterocycles. The molecule has 0 saturated heterocycles. The zero-order valence-electron chi connectivity index (χ0n) is 22.9. The molecule has 2 unspecified atom stereocenters. The van der Waals surface area contributed by atoms with E-state index < -0.39 is 0 Å². The Hall–Kier alpha value is -0.820. The van der Waals surface area contributed by atoms with Crippen LogP contribution in [0.3, 0.4) is 0 Å². The summed E-state index contributed by atoms with van der Waals surface area (Å²) in [7, 11) is 0. The van der Waals surface area contributed by atoms with E-state index >= 15 is 0 Å². The molecule has 0 fully saturated rings. The fourth-order valence-electron chi connectivity index (χ4n) is 4.45. The third kappa shape index (κ3) is 24.1. The van der Waals surface area contributed by atoms with E-state index in [0.717, 1.165) is 19.3 Å². The zero-order chi connectivity index (χ0) is 24.2. The summed E-state index contributed by atoms with van der Waals surface area (Å²) < 4.78 is 0. The van der Waals surface area contributed by atoms with Crippen LogP contribution in [0.5, 0.6) is 0 Å². The third-order valence-corrected chi connectivity index (χ3v) is 6.73. The SMILES string of the molecule is CCCCCC=CCCCC(O)C(CCCC=CCCCCC)CCC/C=C\CCCCC. The van der Waals surface area contributed by atoms with Crippen LogP contribution in [-0.2, 0) is 0 Å². The van der Waals surface area contributed by atoms with Crippen LogP contribution in [0.15, 0.2) is 36.5 Å². The first-order chi connectivity index (χ1) is 16.3. The van der Waals surface area contributed by atoms with Gasteiger partial charge in [-0.05, 0) is 102 Å². The summed E-state index contributed by atoms with van der Waals surface area (Å²) in [5, 5.41) is 10.9. The molecule has 0 saturated carbocycles. The predicted molar refractivity (Wildman–Crippen MR) is 151 cm³/mol. The van der Waals surface area contributed by atoms with Gasteiger partial charge in [0.15, 0.2) is 0 Å². The topological polar surface area (TPSA) is 20.2 Å². The van der Waals surface area contributed by atoms with Crippen LogP contribution in [0.4, 0.5) is 0 Å². The summed E-state index contributed by atoms with van der Waals surface area (Å²) in [6.45, 7) is 6.79. The average molecular weight is 461 g/mol. The Morgan fingerprint density at radius 3 is 1.06 bits per heavy atom. The van der Waals surface area contributed by atoms with Crippen LogP contribution >= 0.6 is 0 Å². The Morgan fingerprint density at radius 1 is 0.424 bits per heavy atom. The maximum absolute atomic E-state index is 10.9. The molecule has 0 radical (unpaired) electrons. The van der Waals surface area contributed by atoms with Gasteiger partial charge in [-0.2, -0.15) is 0 Å². The molecular weight excluding hydrogens is 400 g/mol. The molecule has 33 heavy (non-hydrogen) atoms. The fraction of sp³-hybridized carbons (Fsp3) is 0.812. The predicted octanol–water partition coefficient (Wildman–Crippen LogP) is 10.9. The lowest BCUT2D eigenvalue weighted by Crippen LogP contribution is -2.20. The normalized spacial score (nSPS) is 14.2. The third-order valence-electron chi connectivity index (χ3n) is 6.73. The molecule has 0 aromatic heterocycles. The van der Waals surface area contributed by atoms with Crippen LogP contribution in [0, 0.1) is 5.92 Å². The average Bonchev–Trinajstić information content (AvgIpc) is 2.82. The molecule has 0 spiro atoms. The van der Waals surface area contributed by atoms with Crippen molar-refractivity contribution in [3.8, 4) is 0 Å². The lowest BCUT2D eigenvalue weighted by molar-refractivity contribution is 0.0851. The number of hydrogen-bond donors (Lipinski definition) is 1. The van der Waals surface area contributed by atoms with Crippen molar-refractivity contribution in [2.75, 3.05) is 0 Å². The molecule has 194 valence electrons. The molecule has 1 nitrogen and oxygen atoms in total. The van der Waals surface area contributed by atoms with Crippen LogP contribution < -0.4 is 0 Å². The molecule has 0 rings (SSSR count). The van der Waals surface area contributed by atoms with Gasteiger partial charge in [-0.25, -0.2) is 0 Å². The Morgan fingerprint density at radius 2 is 0.727 bits per heavy atom. The van der Waals surface area contributed by atoms with Gasteiger partial charge in [-0.1, -0.05) is 95.8 Å². The van der Waals surface area contributed by atoms with Crippen molar-refractivity contribution in [1.82, 2.24) is 0 Å². The molecule has 0 aliphatic carbocycles. The number of hydrogen-bond acceptors (Lipinski definition) is 1. The second-order valence-corrected chi connectivity index (χ2v) is 10.0. The number of allylic oxidation sites excluding steroid dienone is 6. The van der Waals surface area contributed by atoms with E-state index in [9.17, 15) is 5.11 Å². The summed E-state index contributed by atoms with van der Waals surface area (Å²) in [4.78, 5) is 0. The van der Waals surface area contributed by atoms with Gasteiger partial charge in [-0.3, -0.25) is 0 Å². The Balaban J connectivity index is 4.25. The van der Waals surface area contributed by atoms with Crippen molar-refractivity contribution in [2.45, 2.75) is 162 Å². The molecule has 0 aromatic carbocycles. The van der Waals surface area contributed by atoms with Crippen molar-refractivity contribution in [3.63, 3.8) is 0 Å². The summed E-state index contributed by atoms with van der Waals surface area (Å²) >= 11 is 0. The van der Waals surface area contributed by atoms with Crippen molar-refractivity contribution in [1.29, 1.82) is 0 Å². The Bertz CT molecular complexity index is 421. The molecule has 0 amide bonds. The maximum atomic E-state index is 10.9. The minimum atomic E-state index is -0.124. The summed E-state index contributed by atoms with van der Waals surface area (Å²) in [6.07, 6.45) is 40.0. The van der Waals surface area contributed by atoms with Gasteiger partial charge in [0.2, 0.25) is 0 Å². The molecule has 0 aliphatic heterocycles. The van der Waals surface area contributed by atoms with Gasteiger partial charge in [0, 0.05) is 0 Å². The van der Waals surface area contributed by atoms with Crippen LogP contribution in [0.1, 0.15) is 156 Å². The standard InChI is InChI=1S/C32H60O/c1-4-7-10-13-16-19-22-25-28-31(29-26-23-20-17-14-11-8-5-2)32(33)30-27-24-21-18-15-12-9-6-3/h16-21,31-33H,4-15,22-30H2,1-3H3/b19-16-,20-17?,21-18?. The van der Waals surface area contributed by atoms with Gasteiger partial charge in [0.1, 0.15) is 0 Å². The van der Waals surface area contributed by atoms with E-state index in [1.807, 2.05) is 0 Å². The van der Waals surface area contributed by atoms with Crippen molar-refractivity contribution >= 4 is 0 Å².